The molecule has 0 saturated heterocycles. The van der Waals surface area contributed by atoms with Crippen LogP contribution in [0.4, 0.5) is 11.4 Å². The summed E-state index contributed by atoms with van der Waals surface area (Å²) in [5.41, 5.74) is -0.00422. The summed E-state index contributed by atoms with van der Waals surface area (Å²) in [6.45, 7) is 1.42. The molecule has 0 amide bonds. The fourth-order valence-corrected chi connectivity index (χ4v) is 4.21. The zero-order valence-electron chi connectivity index (χ0n) is 15.6. The molecule has 10 nitrogen and oxygen atoms in total. The van der Waals surface area contributed by atoms with Crippen LogP contribution in [-0.4, -0.2) is 38.2 Å². The van der Waals surface area contributed by atoms with Crippen molar-refractivity contribution in [2.75, 3.05) is 7.11 Å². The summed E-state index contributed by atoms with van der Waals surface area (Å²) < 4.78 is 70.0. The number of methoxy groups -OCH3 is 1. The van der Waals surface area contributed by atoms with Crippen molar-refractivity contribution in [2.24, 2.45) is 10.2 Å². The molecule has 12 heteroatoms. The number of aromatic hydroxyl groups is 1. The third-order valence-corrected chi connectivity index (χ3v) is 6.11. The molecule has 0 saturated carbocycles. The lowest BCUT2D eigenvalue weighted by atomic mass is 10.1. The number of hydrogen-bond donors (Lipinski definition) is 3. The maximum absolute atomic E-state index is 11.6. The zero-order valence-corrected chi connectivity index (χ0v) is 17.3. The Labute approximate surface area is 172 Å². The molecule has 0 atom stereocenters. The standard InChI is InChI=1S/C18H16N2O8S2/c1-10-7-13(14(28-2)9-15(10)29(22,23)24)19-20-17-12-6-4-3-5-11(12)8-16(18(17)21)30(25,26)27/h3-9,21H,1-2H3,(H,22,23,24)(H,25,26,27). The third-order valence-electron chi connectivity index (χ3n) is 4.25. The molecular formula is C18H16N2O8S2. The molecule has 0 aliphatic heterocycles. The highest BCUT2D eigenvalue weighted by atomic mass is 32.2. The summed E-state index contributed by atoms with van der Waals surface area (Å²) in [6, 6.07) is 9.86. The van der Waals surface area contributed by atoms with Gasteiger partial charge in [-0.25, -0.2) is 0 Å². The molecule has 0 aliphatic carbocycles. The first-order valence-corrected chi connectivity index (χ1v) is 11.1. The largest absolute Gasteiger partial charge is 0.504 e. The molecule has 0 radical (unpaired) electrons. The van der Waals surface area contributed by atoms with Gasteiger partial charge in [-0.2, -0.15) is 16.8 Å². The first-order valence-electron chi connectivity index (χ1n) is 8.23. The van der Waals surface area contributed by atoms with Gasteiger partial charge in [-0.15, -0.1) is 10.2 Å². The molecule has 3 aromatic carbocycles. The van der Waals surface area contributed by atoms with E-state index in [2.05, 4.69) is 10.2 Å². The van der Waals surface area contributed by atoms with E-state index in [0.717, 1.165) is 12.1 Å². The van der Waals surface area contributed by atoms with E-state index in [1.807, 2.05) is 0 Å². The monoisotopic (exact) mass is 452 g/mol. The normalized spacial score (nSPS) is 12.5. The highest BCUT2D eigenvalue weighted by Crippen LogP contribution is 2.42. The molecule has 30 heavy (non-hydrogen) atoms. The first-order chi connectivity index (χ1) is 13.9. The maximum atomic E-state index is 11.6. The minimum Gasteiger partial charge on any atom is -0.504 e. The number of ether oxygens (including phenoxy) is 1. The van der Waals surface area contributed by atoms with Crippen molar-refractivity contribution in [1.29, 1.82) is 0 Å². The Morgan fingerprint density at radius 2 is 1.53 bits per heavy atom. The van der Waals surface area contributed by atoms with E-state index in [-0.39, 0.29) is 27.6 Å². The molecule has 0 aromatic heterocycles. The summed E-state index contributed by atoms with van der Waals surface area (Å²) in [7, 11) is -7.98. The molecule has 3 N–H and O–H groups in total. The van der Waals surface area contributed by atoms with Gasteiger partial charge in [0, 0.05) is 11.5 Å². The van der Waals surface area contributed by atoms with Gasteiger partial charge >= 0.3 is 0 Å². The van der Waals surface area contributed by atoms with Gasteiger partial charge in [0.2, 0.25) is 0 Å². The van der Waals surface area contributed by atoms with Gasteiger partial charge in [-0.3, -0.25) is 9.11 Å². The third kappa shape index (κ3) is 4.11. The Morgan fingerprint density at radius 1 is 0.900 bits per heavy atom. The minimum atomic E-state index is -4.74. The Bertz CT molecular complexity index is 1400. The topological polar surface area (TPSA) is 163 Å². The molecule has 3 rings (SSSR count). The van der Waals surface area contributed by atoms with Crippen molar-refractivity contribution in [2.45, 2.75) is 16.7 Å². The maximum Gasteiger partial charge on any atom is 0.298 e. The predicted octanol–water partition coefficient (Wildman–Crippen LogP) is 3.77. The first kappa shape index (κ1) is 21.6. The van der Waals surface area contributed by atoms with Crippen LogP contribution in [0, 0.1) is 6.92 Å². The van der Waals surface area contributed by atoms with Gasteiger partial charge in [-0.1, -0.05) is 24.3 Å². The summed E-state index contributed by atoms with van der Waals surface area (Å²) in [5.74, 6) is -0.836. The summed E-state index contributed by atoms with van der Waals surface area (Å²) in [4.78, 5) is -1.11. The van der Waals surface area contributed by atoms with Crippen LogP contribution in [0.15, 0.2) is 62.5 Å². The number of phenols is 1. The van der Waals surface area contributed by atoms with Crippen LogP contribution in [-0.2, 0) is 20.2 Å². The molecule has 0 heterocycles. The van der Waals surface area contributed by atoms with Crippen molar-refractivity contribution in [3.05, 3.63) is 48.0 Å². The Kier molecular flexibility index (Phi) is 5.52. The average Bonchev–Trinajstić information content (AvgIpc) is 2.65. The number of hydrogen-bond acceptors (Lipinski definition) is 8. The lowest BCUT2D eigenvalue weighted by Crippen LogP contribution is -2.01. The van der Waals surface area contributed by atoms with Crippen LogP contribution in [0.3, 0.4) is 0 Å². The van der Waals surface area contributed by atoms with Crippen LogP contribution in [0.1, 0.15) is 5.56 Å². The number of phenolic OH excluding ortho intramolecular Hbond substituents is 1. The van der Waals surface area contributed by atoms with Crippen molar-refractivity contribution in [3.63, 3.8) is 0 Å². The highest BCUT2D eigenvalue weighted by Gasteiger charge is 2.22. The van der Waals surface area contributed by atoms with Crippen molar-refractivity contribution < 1.29 is 35.8 Å². The molecule has 0 bridgehead atoms. The lowest BCUT2D eigenvalue weighted by Gasteiger charge is -2.10. The second kappa shape index (κ2) is 7.65. The van der Waals surface area contributed by atoms with Gasteiger partial charge in [0.05, 0.1) is 7.11 Å². The quantitative estimate of drug-likeness (QED) is 0.389. The Hall–Kier alpha value is -3.06. The number of azo groups is 1. The van der Waals surface area contributed by atoms with Crippen LogP contribution in [0.2, 0.25) is 0 Å². The highest BCUT2D eigenvalue weighted by molar-refractivity contribution is 7.86. The van der Waals surface area contributed by atoms with E-state index < -0.39 is 30.9 Å². The fraction of sp³-hybridized carbons (Fsp3) is 0.111. The lowest BCUT2D eigenvalue weighted by molar-refractivity contribution is 0.413. The minimum absolute atomic E-state index is 0.0355. The van der Waals surface area contributed by atoms with E-state index >= 15 is 0 Å². The van der Waals surface area contributed by atoms with E-state index in [9.17, 15) is 31.0 Å². The number of benzene rings is 3. The number of aryl methyl sites for hydroxylation is 1. The predicted molar refractivity (Wildman–Crippen MR) is 107 cm³/mol. The summed E-state index contributed by atoms with van der Waals surface area (Å²) >= 11 is 0. The van der Waals surface area contributed by atoms with Crippen molar-refractivity contribution in [1.82, 2.24) is 0 Å². The summed E-state index contributed by atoms with van der Waals surface area (Å²) in [6.07, 6.45) is 0. The molecular weight excluding hydrogens is 436 g/mol. The fourth-order valence-electron chi connectivity index (χ4n) is 2.87. The SMILES string of the molecule is COc1cc(S(=O)(=O)O)c(C)cc1N=Nc1c(O)c(S(=O)(=O)O)cc2ccccc12. The van der Waals surface area contributed by atoms with Gasteiger partial charge < -0.3 is 9.84 Å². The van der Waals surface area contributed by atoms with E-state index in [1.165, 1.54) is 20.1 Å². The van der Waals surface area contributed by atoms with Crippen LogP contribution >= 0.6 is 0 Å². The molecule has 0 spiro atoms. The van der Waals surface area contributed by atoms with Gasteiger partial charge in [0.15, 0.2) is 5.75 Å². The summed E-state index contributed by atoms with van der Waals surface area (Å²) in [5, 5.41) is 19.0. The smallest absolute Gasteiger partial charge is 0.298 e. The van der Waals surface area contributed by atoms with Gasteiger partial charge in [0.25, 0.3) is 20.2 Å². The number of nitrogens with zero attached hydrogens (tertiary/aromatic N) is 2. The van der Waals surface area contributed by atoms with E-state index in [1.54, 1.807) is 24.3 Å². The molecule has 0 unspecified atom stereocenters. The van der Waals surface area contributed by atoms with Crippen LogP contribution in [0.5, 0.6) is 11.5 Å². The van der Waals surface area contributed by atoms with Crippen LogP contribution in [0.25, 0.3) is 10.8 Å². The molecule has 0 fully saturated rings. The second-order valence-corrected chi connectivity index (χ2v) is 9.01. The second-order valence-electron chi connectivity index (χ2n) is 6.23. The average molecular weight is 452 g/mol. The van der Waals surface area contributed by atoms with Crippen molar-refractivity contribution in [3.8, 4) is 11.5 Å². The van der Waals surface area contributed by atoms with E-state index in [4.69, 9.17) is 4.74 Å². The molecule has 0 aliphatic rings. The van der Waals surface area contributed by atoms with Gasteiger partial charge in [0.1, 0.15) is 26.9 Å². The Balaban J connectivity index is 2.24. The van der Waals surface area contributed by atoms with Gasteiger partial charge in [-0.05, 0) is 30.0 Å². The van der Waals surface area contributed by atoms with Crippen LogP contribution < -0.4 is 4.74 Å². The number of fused-ring (bicyclic) bond motifs is 1. The van der Waals surface area contributed by atoms with E-state index in [0.29, 0.717) is 10.8 Å². The Morgan fingerprint density at radius 3 is 2.13 bits per heavy atom. The molecule has 3 aromatic rings. The molecule has 158 valence electrons. The zero-order chi connectivity index (χ0) is 22.3. The van der Waals surface area contributed by atoms with Crippen molar-refractivity contribution >= 4 is 42.4 Å². The number of rotatable bonds is 5.